The molecule has 0 spiro atoms. The van der Waals surface area contributed by atoms with Crippen molar-refractivity contribution in [1.82, 2.24) is 9.47 Å². The fourth-order valence-electron chi connectivity index (χ4n) is 4.16. The van der Waals surface area contributed by atoms with E-state index in [9.17, 15) is 24.3 Å². The summed E-state index contributed by atoms with van der Waals surface area (Å²) >= 11 is 6.29. The van der Waals surface area contributed by atoms with Crippen LogP contribution in [0.5, 0.6) is 0 Å². The van der Waals surface area contributed by atoms with E-state index in [1.54, 1.807) is 37.4 Å². The second-order valence-electron chi connectivity index (χ2n) is 7.89. The van der Waals surface area contributed by atoms with E-state index in [0.717, 1.165) is 10.5 Å². The first-order chi connectivity index (χ1) is 16.2. The van der Waals surface area contributed by atoms with Gasteiger partial charge in [-0.3, -0.25) is 24.1 Å². The number of carboxylic acids is 1. The number of hydrogen-bond donors (Lipinski definition) is 1. The van der Waals surface area contributed by atoms with Crippen molar-refractivity contribution in [3.8, 4) is 0 Å². The predicted molar refractivity (Wildman–Crippen MR) is 125 cm³/mol. The van der Waals surface area contributed by atoms with E-state index in [0.29, 0.717) is 47.5 Å². The molecule has 0 fully saturated rings. The first kappa shape index (κ1) is 23.2. The normalized spacial score (nSPS) is 15.6. The number of aryl methyl sites for hydroxylation is 1. The highest BCUT2D eigenvalue weighted by atomic mass is 35.5. The minimum absolute atomic E-state index is 0.278. The average molecular weight is 485 g/mol. The van der Waals surface area contributed by atoms with Crippen LogP contribution in [0.15, 0.2) is 50.7 Å². The molecule has 34 heavy (non-hydrogen) atoms. The van der Waals surface area contributed by atoms with Crippen LogP contribution >= 0.6 is 11.6 Å². The molecule has 1 aliphatic carbocycles. The lowest BCUT2D eigenvalue weighted by molar-refractivity contribution is -0.137. The van der Waals surface area contributed by atoms with Gasteiger partial charge in [-0.15, -0.1) is 0 Å². The molecule has 1 aromatic heterocycles. The number of aliphatic carboxylic acids is 1. The fraction of sp³-hybridized carbons (Fsp3) is 0.261. The van der Waals surface area contributed by atoms with Crippen molar-refractivity contribution in [2.75, 3.05) is 12.1 Å². The number of hydrazone groups is 1. The number of imide groups is 1. The average Bonchev–Trinajstić information content (AvgIpc) is 3.10. The molecule has 1 N–H and O–H groups in total. The van der Waals surface area contributed by atoms with Crippen LogP contribution in [0, 0.1) is 0 Å². The molecule has 1 atom stereocenters. The highest BCUT2D eigenvalue weighted by Crippen LogP contribution is 2.37. The number of oxazole rings is 1. The summed E-state index contributed by atoms with van der Waals surface area (Å²) in [6.07, 6.45) is 2.18. The molecule has 176 valence electrons. The van der Waals surface area contributed by atoms with Gasteiger partial charge in [0.2, 0.25) is 12.1 Å². The zero-order chi connectivity index (χ0) is 24.6. The van der Waals surface area contributed by atoms with Crippen molar-refractivity contribution >= 4 is 52.4 Å². The van der Waals surface area contributed by atoms with Crippen molar-refractivity contribution in [2.45, 2.75) is 25.3 Å². The van der Waals surface area contributed by atoms with Crippen molar-refractivity contribution in [2.24, 2.45) is 12.1 Å². The van der Waals surface area contributed by atoms with E-state index in [2.05, 4.69) is 5.10 Å². The Labute approximate surface area is 198 Å². The molecule has 2 amide bonds. The van der Waals surface area contributed by atoms with Crippen LogP contribution in [-0.2, 0) is 27.9 Å². The summed E-state index contributed by atoms with van der Waals surface area (Å²) in [4.78, 5) is 49.7. The van der Waals surface area contributed by atoms with E-state index in [4.69, 9.17) is 16.0 Å². The lowest BCUT2D eigenvalue weighted by atomic mass is 9.86. The van der Waals surface area contributed by atoms with Gasteiger partial charge in [0.25, 0.3) is 5.91 Å². The van der Waals surface area contributed by atoms with Crippen LogP contribution < -0.4 is 10.8 Å². The highest BCUT2D eigenvalue weighted by Gasteiger charge is 2.35. The highest BCUT2D eigenvalue weighted by molar-refractivity contribution is 6.64. The first-order valence-corrected chi connectivity index (χ1v) is 10.8. The molecule has 1 unspecified atom stereocenters. The molecule has 2 aromatic carbocycles. The lowest BCUT2D eigenvalue weighted by Crippen LogP contribution is -2.43. The number of carbonyl (C=O) groups is 3. The molecular formula is C23H21ClN4O6. The number of amides is 2. The number of carbonyl (C=O) groups excluding carboxylic acids is 2. The summed E-state index contributed by atoms with van der Waals surface area (Å²) in [6, 6.07) is 9.30. The SMILES string of the molecule is CN(/N=C(/C(=O)O)C(=O)N(C=O)C1CCCc2c(Cl)cccc21)c1ccc2c(c1)oc(=O)n2C. The summed E-state index contributed by atoms with van der Waals surface area (Å²) in [5.41, 5.74) is 1.91. The molecule has 11 heteroatoms. The van der Waals surface area contributed by atoms with Gasteiger partial charge in [0.1, 0.15) is 0 Å². The molecular weight excluding hydrogens is 464 g/mol. The van der Waals surface area contributed by atoms with Crippen LogP contribution in [0.3, 0.4) is 0 Å². The fourth-order valence-corrected chi connectivity index (χ4v) is 4.44. The number of benzene rings is 2. The van der Waals surface area contributed by atoms with Gasteiger partial charge in [0.15, 0.2) is 5.58 Å². The van der Waals surface area contributed by atoms with E-state index in [1.807, 2.05) is 0 Å². The van der Waals surface area contributed by atoms with Crippen LogP contribution in [0.4, 0.5) is 5.69 Å². The Morgan fingerprint density at radius 3 is 2.76 bits per heavy atom. The zero-order valence-electron chi connectivity index (χ0n) is 18.4. The molecule has 0 radical (unpaired) electrons. The quantitative estimate of drug-likeness (QED) is 0.247. The van der Waals surface area contributed by atoms with E-state index >= 15 is 0 Å². The Kier molecular flexibility index (Phi) is 6.25. The third-order valence-electron chi connectivity index (χ3n) is 5.91. The van der Waals surface area contributed by atoms with E-state index < -0.39 is 29.4 Å². The number of hydrogen-bond acceptors (Lipinski definition) is 7. The van der Waals surface area contributed by atoms with Gasteiger partial charge >= 0.3 is 11.7 Å². The third kappa shape index (κ3) is 4.08. The second kappa shape index (κ2) is 9.14. The van der Waals surface area contributed by atoms with Gasteiger partial charge < -0.3 is 9.52 Å². The van der Waals surface area contributed by atoms with Crippen LogP contribution in [0.25, 0.3) is 11.1 Å². The lowest BCUT2D eigenvalue weighted by Gasteiger charge is -2.32. The summed E-state index contributed by atoms with van der Waals surface area (Å²) in [7, 11) is 3.00. The summed E-state index contributed by atoms with van der Waals surface area (Å²) in [5.74, 6) is -3.17. The Balaban J connectivity index is 1.68. The topological polar surface area (TPSA) is 125 Å². The van der Waals surface area contributed by atoms with Gasteiger partial charge in [-0.25, -0.2) is 9.59 Å². The van der Waals surface area contributed by atoms with Crippen molar-refractivity contribution < 1.29 is 23.9 Å². The largest absolute Gasteiger partial charge is 0.476 e. The third-order valence-corrected chi connectivity index (χ3v) is 6.26. The molecule has 3 aromatic rings. The van der Waals surface area contributed by atoms with Crippen molar-refractivity contribution in [3.63, 3.8) is 0 Å². The minimum Gasteiger partial charge on any atom is -0.476 e. The monoisotopic (exact) mass is 484 g/mol. The number of halogens is 1. The van der Waals surface area contributed by atoms with Crippen LogP contribution in [0.1, 0.15) is 30.0 Å². The Bertz CT molecular complexity index is 1390. The van der Waals surface area contributed by atoms with E-state index in [1.165, 1.54) is 22.7 Å². The summed E-state index contributed by atoms with van der Waals surface area (Å²) in [5, 5.41) is 15.4. The number of anilines is 1. The summed E-state index contributed by atoms with van der Waals surface area (Å²) in [6.45, 7) is 0. The number of aromatic nitrogens is 1. The molecule has 1 heterocycles. The maximum absolute atomic E-state index is 13.2. The molecule has 0 bridgehead atoms. The summed E-state index contributed by atoms with van der Waals surface area (Å²) < 4.78 is 6.48. The van der Waals surface area contributed by atoms with Gasteiger partial charge in [-0.1, -0.05) is 23.7 Å². The van der Waals surface area contributed by atoms with Gasteiger partial charge in [0, 0.05) is 25.2 Å². The Morgan fingerprint density at radius 2 is 2.06 bits per heavy atom. The molecule has 0 saturated heterocycles. The van der Waals surface area contributed by atoms with Crippen molar-refractivity contribution in [3.05, 3.63) is 63.1 Å². The maximum atomic E-state index is 13.2. The maximum Gasteiger partial charge on any atom is 0.419 e. The van der Waals surface area contributed by atoms with Gasteiger partial charge in [-0.2, -0.15) is 5.10 Å². The smallest absolute Gasteiger partial charge is 0.419 e. The Morgan fingerprint density at radius 1 is 1.29 bits per heavy atom. The molecule has 1 aliphatic rings. The zero-order valence-corrected chi connectivity index (χ0v) is 19.2. The number of rotatable bonds is 6. The van der Waals surface area contributed by atoms with Crippen LogP contribution in [0.2, 0.25) is 5.02 Å². The molecule has 0 aliphatic heterocycles. The van der Waals surface area contributed by atoms with Crippen LogP contribution in [-0.4, -0.2) is 45.6 Å². The molecule has 4 rings (SSSR count). The number of carboxylic acid groups (broad SMARTS) is 1. The van der Waals surface area contributed by atoms with Gasteiger partial charge in [-0.05, 0) is 48.6 Å². The first-order valence-electron chi connectivity index (χ1n) is 10.4. The number of fused-ring (bicyclic) bond motifs is 2. The second-order valence-corrected chi connectivity index (χ2v) is 8.30. The standard InChI is InChI=1S/C23H21ClN4O6/c1-26-18-10-9-13(11-19(18)34-23(26)33)27(2)25-20(22(31)32)21(30)28(12-29)17-8-4-5-14-15(17)6-3-7-16(14)24/h3,6-7,9-12,17H,4-5,8H2,1-2H3,(H,31,32)/b25-20+. The van der Waals surface area contributed by atoms with Crippen molar-refractivity contribution in [1.29, 1.82) is 0 Å². The molecule has 10 nitrogen and oxygen atoms in total. The number of nitrogens with zero attached hydrogens (tertiary/aromatic N) is 4. The van der Waals surface area contributed by atoms with E-state index in [-0.39, 0.29) is 5.58 Å². The molecule has 0 saturated carbocycles. The minimum atomic E-state index is -1.59. The predicted octanol–water partition coefficient (Wildman–Crippen LogP) is 2.72. The van der Waals surface area contributed by atoms with Gasteiger partial charge in [0.05, 0.1) is 17.2 Å². The Hall–Kier alpha value is -3.92.